The highest BCUT2D eigenvalue weighted by molar-refractivity contribution is 6.06. The predicted molar refractivity (Wildman–Crippen MR) is 170 cm³/mol. The highest BCUT2D eigenvalue weighted by atomic mass is 16.6. The fraction of sp³-hybridized carbons (Fsp3) is 0.400. The molecule has 0 N–H and O–H groups in total. The van der Waals surface area contributed by atoms with Gasteiger partial charge in [0.1, 0.15) is 18.1 Å². The number of non-ortho nitro benzene ring substituents is 1. The molecule has 0 bridgehead atoms. The summed E-state index contributed by atoms with van der Waals surface area (Å²) in [4.78, 5) is 53.9. The molecule has 3 aromatic carbocycles. The monoisotopic (exact) mass is 613 g/mol. The number of hydrogen-bond donors (Lipinski definition) is 0. The van der Waals surface area contributed by atoms with Crippen molar-refractivity contribution in [2.75, 3.05) is 26.2 Å². The van der Waals surface area contributed by atoms with Crippen molar-refractivity contribution in [2.24, 2.45) is 17.8 Å². The number of nitro benzene ring substituents is 1. The Bertz CT molecular complexity index is 1660. The normalized spacial score (nSPS) is 19.2. The summed E-state index contributed by atoms with van der Waals surface area (Å²) < 4.78 is 11.6. The number of nitrogens with zero attached hydrogens (tertiary/aromatic N) is 3. The lowest BCUT2D eigenvalue weighted by Crippen LogP contribution is -2.62. The Kier molecular flexibility index (Phi) is 9.34. The van der Waals surface area contributed by atoms with Crippen LogP contribution in [0, 0.1) is 27.9 Å². The van der Waals surface area contributed by atoms with Crippen molar-refractivity contribution >= 4 is 34.3 Å². The smallest absolute Gasteiger partial charge is 0.363 e. The van der Waals surface area contributed by atoms with Crippen molar-refractivity contribution < 1.29 is 28.8 Å². The summed E-state index contributed by atoms with van der Waals surface area (Å²) in [6.45, 7) is 13.2. The van der Waals surface area contributed by atoms with Crippen LogP contribution in [0.25, 0.3) is 10.8 Å². The minimum Gasteiger partial charge on any atom is -0.488 e. The van der Waals surface area contributed by atoms with Crippen molar-refractivity contribution in [3.8, 4) is 5.75 Å². The maximum atomic E-state index is 13.6. The number of β-lactam (4-membered cyclic amide) rings is 1. The van der Waals surface area contributed by atoms with Gasteiger partial charge in [-0.05, 0) is 54.6 Å². The number of fused-ring (bicyclic) bond motifs is 2. The highest BCUT2D eigenvalue weighted by Crippen LogP contribution is 2.49. The van der Waals surface area contributed by atoms with E-state index < -0.39 is 16.9 Å². The second kappa shape index (κ2) is 13.2. The van der Waals surface area contributed by atoms with Gasteiger partial charge in [-0.3, -0.25) is 14.9 Å². The summed E-state index contributed by atoms with van der Waals surface area (Å²) in [6.07, 6.45) is 0.902. The molecule has 2 heterocycles. The molecule has 10 nitrogen and oxygen atoms in total. The van der Waals surface area contributed by atoms with Gasteiger partial charge < -0.3 is 19.3 Å². The zero-order valence-electron chi connectivity index (χ0n) is 26.3. The number of ether oxygens (including phenoxy) is 2. The minimum atomic E-state index is -0.960. The van der Waals surface area contributed by atoms with Gasteiger partial charge in [0.25, 0.3) is 5.69 Å². The topological polar surface area (TPSA) is 119 Å². The van der Waals surface area contributed by atoms with E-state index in [2.05, 4.69) is 30.9 Å². The third-order valence-corrected chi connectivity index (χ3v) is 9.15. The van der Waals surface area contributed by atoms with E-state index in [1.165, 1.54) is 34.7 Å². The number of carbonyl (C=O) groups is 3. The van der Waals surface area contributed by atoms with Crippen LogP contribution in [0.4, 0.5) is 5.69 Å². The maximum Gasteiger partial charge on any atom is 0.363 e. The maximum absolute atomic E-state index is 13.6. The zero-order chi connectivity index (χ0) is 32.4. The van der Waals surface area contributed by atoms with Gasteiger partial charge in [-0.2, -0.15) is 0 Å². The molecule has 2 aliphatic rings. The molecule has 2 aliphatic heterocycles. The lowest BCUT2D eigenvalue weighted by Gasteiger charge is -2.47. The summed E-state index contributed by atoms with van der Waals surface area (Å²) in [5.74, 6) is -1.84. The molecule has 0 radical (unpaired) electrons. The van der Waals surface area contributed by atoms with E-state index in [9.17, 15) is 24.5 Å². The van der Waals surface area contributed by atoms with E-state index in [0.717, 1.165) is 36.8 Å². The van der Waals surface area contributed by atoms with Gasteiger partial charge in [-0.25, -0.2) is 9.59 Å². The molecule has 0 aromatic heterocycles. The Labute approximate surface area is 262 Å². The summed E-state index contributed by atoms with van der Waals surface area (Å²) in [6, 6.07) is 16.6. The average Bonchev–Trinajstić information content (AvgIpc) is 3.27. The number of carbonyl (C=O) groups excluding carboxylic acids is 3. The third-order valence-electron chi connectivity index (χ3n) is 9.15. The number of benzene rings is 3. The molecule has 1 fully saturated rings. The zero-order valence-corrected chi connectivity index (χ0v) is 26.3. The van der Waals surface area contributed by atoms with Crippen LogP contribution in [0.1, 0.15) is 50.5 Å². The van der Waals surface area contributed by atoms with Crippen LogP contribution in [0.5, 0.6) is 5.75 Å². The molecule has 1 saturated heterocycles. The molecule has 1 amide bonds. The van der Waals surface area contributed by atoms with E-state index >= 15 is 0 Å². The van der Waals surface area contributed by atoms with Crippen molar-refractivity contribution in [1.82, 2.24) is 9.80 Å². The second-order valence-corrected chi connectivity index (χ2v) is 11.9. The van der Waals surface area contributed by atoms with E-state index in [0.29, 0.717) is 11.3 Å². The Morgan fingerprint density at radius 3 is 2.29 bits per heavy atom. The Morgan fingerprint density at radius 1 is 0.978 bits per heavy atom. The van der Waals surface area contributed by atoms with Crippen LogP contribution in [0.3, 0.4) is 0 Å². The van der Waals surface area contributed by atoms with Crippen LogP contribution in [0.2, 0.25) is 0 Å². The lowest BCUT2D eigenvalue weighted by atomic mass is 9.74. The number of likely N-dealkylation sites (N-methyl/N-ethyl adjacent to an activating group) is 1. The number of hydrogen-bond acceptors (Lipinski definition) is 8. The molecule has 3 atom stereocenters. The van der Waals surface area contributed by atoms with Crippen LogP contribution in [-0.2, 0) is 20.7 Å². The fourth-order valence-electron chi connectivity index (χ4n) is 6.59. The number of rotatable bonds is 12. The Balaban J connectivity index is 1.42. The summed E-state index contributed by atoms with van der Waals surface area (Å²) in [5.41, 5.74) is 1.64. The van der Waals surface area contributed by atoms with Crippen LogP contribution < -0.4 is 4.74 Å². The SMILES string of the molecule is CCN(CC)CCc1cccc2c(OCC3=C(C(=O)OC(=O)c4ccc([N+](=O)[O-])cc4)N4C(=O)[C@H](C(C)C)[C@H]4[C@H]3C)cccc12. The quantitative estimate of drug-likeness (QED) is 0.0829. The molecule has 0 aliphatic carbocycles. The van der Waals surface area contributed by atoms with Crippen LogP contribution in [0.15, 0.2) is 71.9 Å². The summed E-state index contributed by atoms with van der Waals surface area (Å²) >= 11 is 0. The molecule has 45 heavy (non-hydrogen) atoms. The molecular weight excluding hydrogens is 574 g/mol. The molecule has 236 valence electrons. The Hall–Kier alpha value is -4.57. The van der Waals surface area contributed by atoms with Gasteiger partial charge in [0.05, 0.1) is 22.4 Å². The lowest BCUT2D eigenvalue weighted by molar-refractivity contribution is -0.384. The van der Waals surface area contributed by atoms with E-state index in [-0.39, 0.29) is 53.3 Å². The van der Waals surface area contributed by atoms with Crippen molar-refractivity contribution in [1.29, 1.82) is 0 Å². The van der Waals surface area contributed by atoms with E-state index in [4.69, 9.17) is 9.47 Å². The molecule has 0 spiro atoms. The first-order chi connectivity index (χ1) is 21.6. The molecule has 0 saturated carbocycles. The number of esters is 2. The fourth-order valence-corrected chi connectivity index (χ4v) is 6.59. The van der Waals surface area contributed by atoms with Crippen molar-refractivity contribution in [2.45, 2.75) is 47.1 Å². The van der Waals surface area contributed by atoms with Crippen LogP contribution in [-0.4, -0.2) is 64.9 Å². The van der Waals surface area contributed by atoms with E-state index in [1.54, 1.807) is 0 Å². The number of nitro groups is 1. The molecule has 10 heteroatoms. The highest BCUT2D eigenvalue weighted by Gasteiger charge is 2.59. The van der Waals surface area contributed by atoms with Gasteiger partial charge in [0, 0.05) is 35.6 Å². The van der Waals surface area contributed by atoms with Gasteiger partial charge in [0.2, 0.25) is 5.91 Å². The molecule has 3 aromatic rings. The predicted octanol–water partition coefficient (Wildman–Crippen LogP) is 5.78. The van der Waals surface area contributed by atoms with Gasteiger partial charge in [-0.15, -0.1) is 0 Å². The van der Waals surface area contributed by atoms with E-state index in [1.807, 2.05) is 45.0 Å². The first-order valence-electron chi connectivity index (χ1n) is 15.5. The minimum absolute atomic E-state index is 0.0162. The molecule has 5 rings (SSSR count). The Morgan fingerprint density at radius 2 is 1.64 bits per heavy atom. The third kappa shape index (κ3) is 6.07. The first-order valence-corrected chi connectivity index (χ1v) is 15.5. The van der Waals surface area contributed by atoms with Crippen molar-refractivity contribution in [3.05, 3.63) is 93.2 Å². The number of amides is 1. The van der Waals surface area contributed by atoms with Crippen molar-refractivity contribution in [3.63, 3.8) is 0 Å². The largest absolute Gasteiger partial charge is 0.488 e. The molecular formula is C35H39N3O7. The summed E-state index contributed by atoms with van der Waals surface area (Å²) in [7, 11) is 0. The van der Waals surface area contributed by atoms with Gasteiger partial charge in [-0.1, -0.05) is 65.0 Å². The molecule has 0 unspecified atom stereocenters. The van der Waals surface area contributed by atoms with Gasteiger partial charge >= 0.3 is 11.9 Å². The summed E-state index contributed by atoms with van der Waals surface area (Å²) in [5, 5.41) is 13.0. The standard InChI is InChI=1S/C35H39N3O7/c1-6-36(7-2)19-18-23-10-8-12-27-26(23)11-9-13-29(27)44-20-28-22(5)31-30(21(3)4)33(39)37(31)32(28)35(41)45-34(40)24-14-16-25(17-15-24)38(42)43/h8-17,21-22,30-31H,6-7,18-20H2,1-5H3/t22-,30+,31+/m0/s1. The van der Waals surface area contributed by atoms with Gasteiger partial charge in [0.15, 0.2) is 0 Å². The van der Waals surface area contributed by atoms with Crippen LogP contribution >= 0.6 is 0 Å². The first kappa shape index (κ1) is 31.8. The average molecular weight is 614 g/mol. The second-order valence-electron chi connectivity index (χ2n) is 11.9.